The lowest BCUT2D eigenvalue weighted by atomic mass is 9.75. The quantitative estimate of drug-likeness (QED) is 0.271. The normalized spacial score (nSPS) is 21.6. The Morgan fingerprint density at radius 3 is 2.24 bits per heavy atom. The predicted octanol–water partition coefficient (Wildman–Crippen LogP) is 7.75. The van der Waals surface area contributed by atoms with Crippen molar-refractivity contribution in [1.82, 2.24) is 9.38 Å². The van der Waals surface area contributed by atoms with Crippen LogP contribution < -0.4 is 4.43 Å². The van der Waals surface area contributed by atoms with Crippen molar-refractivity contribution in [2.45, 2.75) is 89.3 Å². The van der Waals surface area contributed by atoms with E-state index in [1.54, 1.807) is 6.33 Å². The fraction of sp³-hybridized carbons (Fsp3) is 0.517. The standard InChI is InChI=1S/C29H38N2O2Si/c1-29(2,3)34(4,5)33-24-14-12-21(13-15-24)20-6-10-23(11-7-20)28(32)27-25(22-8-9-22)16-17-31-19-30-18-26(27)31/h12-20,22-23H,6-11H2,1-5H3. The van der Waals surface area contributed by atoms with Gasteiger partial charge in [-0.05, 0) is 97.8 Å². The summed E-state index contributed by atoms with van der Waals surface area (Å²) < 4.78 is 8.46. The second kappa shape index (κ2) is 8.67. The molecule has 0 bridgehead atoms. The summed E-state index contributed by atoms with van der Waals surface area (Å²) in [5, 5.41) is 0.192. The van der Waals surface area contributed by atoms with Crippen LogP contribution in [0.1, 0.15) is 92.6 Å². The number of carbonyl (C=O) groups is 1. The van der Waals surface area contributed by atoms with Crippen LogP contribution in [0.3, 0.4) is 0 Å². The molecule has 0 radical (unpaired) electrons. The SMILES string of the molecule is CC(C)(C)[Si](C)(C)Oc1ccc(C2CCC(C(=O)c3c(C4CC4)ccn4cncc34)CC2)cc1. The molecule has 5 heteroatoms. The van der Waals surface area contributed by atoms with Crippen LogP contribution in [0.2, 0.25) is 18.1 Å². The van der Waals surface area contributed by atoms with E-state index in [1.807, 2.05) is 10.6 Å². The topological polar surface area (TPSA) is 43.6 Å². The minimum absolute atomic E-state index is 0.121. The zero-order chi connectivity index (χ0) is 24.1. The van der Waals surface area contributed by atoms with Gasteiger partial charge in [-0.1, -0.05) is 32.9 Å². The van der Waals surface area contributed by atoms with Crippen molar-refractivity contribution in [3.05, 3.63) is 65.7 Å². The van der Waals surface area contributed by atoms with E-state index in [1.165, 1.54) is 24.0 Å². The summed E-state index contributed by atoms with van der Waals surface area (Å²) in [6.45, 7) is 11.4. The van der Waals surface area contributed by atoms with E-state index in [0.29, 0.717) is 17.6 Å². The first-order chi connectivity index (χ1) is 16.1. The highest BCUT2D eigenvalue weighted by molar-refractivity contribution is 6.74. The van der Waals surface area contributed by atoms with Crippen LogP contribution >= 0.6 is 0 Å². The van der Waals surface area contributed by atoms with E-state index in [0.717, 1.165) is 42.5 Å². The van der Waals surface area contributed by atoms with Crippen molar-refractivity contribution in [2.75, 3.05) is 0 Å². The van der Waals surface area contributed by atoms with Crippen molar-refractivity contribution >= 4 is 19.6 Å². The number of aromatic nitrogens is 2. The molecular weight excluding hydrogens is 436 g/mol. The molecule has 5 rings (SSSR count). The Kier molecular flexibility index (Phi) is 5.95. The van der Waals surface area contributed by atoms with Gasteiger partial charge in [0.05, 0.1) is 18.0 Å². The number of rotatable bonds is 6. The molecule has 0 spiro atoms. The Bertz CT molecular complexity index is 1180. The molecule has 2 saturated carbocycles. The maximum Gasteiger partial charge on any atom is 0.250 e. The van der Waals surface area contributed by atoms with Crippen LogP contribution in [-0.4, -0.2) is 23.5 Å². The van der Waals surface area contributed by atoms with Gasteiger partial charge in [0, 0.05) is 17.7 Å². The van der Waals surface area contributed by atoms with E-state index < -0.39 is 8.32 Å². The van der Waals surface area contributed by atoms with Gasteiger partial charge >= 0.3 is 0 Å². The van der Waals surface area contributed by atoms with Crippen LogP contribution in [0.5, 0.6) is 5.75 Å². The molecule has 0 amide bonds. The van der Waals surface area contributed by atoms with Gasteiger partial charge < -0.3 is 8.83 Å². The summed E-state index contributed by atoms with van der Waals surface area (Å²) in [6, 6.07) is 10.9. The summed E-state index contributed by atoms with van der Waals surface area (Å²) in [5.41, 5.74) is 4.55. The lowest BCUT2D eigenvalue weighted by molar-refractivity contribution is 0.0884. The van der Waals surface area contributed by atoms with Gasteiger partial charge in [-0.3, -0.25) is 4.79 Å². The van der Waals surface area contributed by atoms with Crippen LogP contribution in [0.15, 0.2) is 49.1 Å². The number of nitrogens with zero attached hydrogens (tertiary/aromatic N) is 2. The van der Waals surface area contributed by atoms with Crippen molar-refractivity contribution in [3.8, 4) is 5.75 Å². The second-order valence-electron chi connectivity index (χ2n) is 12.0. The molecule has 2 aromatic heterocycles. The van der Waals surface area contributed by atoms with Crippen molar-refractivity contribution in [1.29, 1.82) is 0 Å². The van der Waals surface area contributed by atoms with Gasteiger partial charge in [0.15, 0.2) is 5.78 Å². The lowest BCUT2D eigenvalue weighted by Crippen LogP contribution is -2.43. The molecule has 2 aliphatic carbocycles. The zero-order valence-electron chi connectivity index (χ0n) is 21.3. The average molecular weight is 475 g/mol. The van der Waals surface area contributed by atoms with Gasteiger partial charge in [0.2, 0.25) is 8.32 Å². The largest absolute Gasteiger partial charge is 0.544 e. The van der Waals surface area contributed by atoms with Crippen molar-refractivity contribution in [3.63, 3.8) is 0 Å². The number of pyridine rings is 1. The van der Waals surface area contributed by atoms with Gasteiger partial charge in [0.25, 0.3) is 0 Å². The highest BCUT2D eigenvalue weighted by Gasteiger charge is 2.39. The van der Waals surface area contributed by atoms with Gasteiger partial charge in [-0.2, -0.15) is 0 Å². The molecule has 1 aromatic carbocycles. The van der Waals surface area contributed by atoms with Crippen LogP contribution in [0.4, 0.5) is 0 Å². The third kappa shape index (κ3) is 4.47. The fourth-order valence-electron chi connectivity index (χ4n) is 5.16. The molecule has 0 unspecified atom stereocenters. The first-order valence-corrected chi connectivity index (χ1v) is 15.8. The van der Waals surface area contributed by atoms with E-state index in [4.69, 9.17) is 4.43 Å². The monoisotopic (exact) mass is 474 g/mol. The van der Waals surface area contributed by atoms with Crippen LogP contribution in [-0.2, 0) is 0 Å². The number of Topliss-reactive ketones (excluding diaryl/α,β-unsaturated/α-hetero) is 1. The molecule has 4 nitrogen and oxygen atoms in total. The number of fused-ring (bicyclic) bond motifs is 1. The molecule has 3 aromatic rings. The number of benzene rings is 1. The highest BCUT2D eigenvalue weighted by atomic mass is 28.4. The van der Waals surface area contributed by atoms with Crippen molar-refractivity contribution in [2.24, 2.45) is 5.92 Å². The Balaban J connectivity index is 1.26. The van der Waals surface area contributed by atoms with Crippen molar-refractivity contribution < 1.29 is 9.22 Å². The van der Waals surface area contributed by atoms with E-state index in [9.17, 15) is 4.79 Å². The third-order valence-corrected chi connectivity index (χ3v) is 12.9. The number of hydrogen-bond acceptors (Lipinski definition) is 3. The summed E-state index contributed by atoms with van der Waals surface area (Å²) in [5.74, 6) is 2.53. The Labute approximate surface area is 204 Å². The minimum atomic E-state index is -1.82. The molecule has 180 valence electrons. The molecule has 2 aliphatic rings. The Hall–Kier alpha value is -2.40. The molecular formula is C29H38N2O2Si. The minimum Gasteiger partial charge on any atom is -0.544 e. The molecule has 2 heterocycles. The molecule has 2 fully saturated rings. The smallest absolute Gasteiger partial charge is 0.250 e. The van der Waals surface area contributed by atoms with Gasteiger partial charge in [0.1, 0.15) is 5.75 Å². The maximum atomic E-state index is 13.7. The average Bonchev–Trinajstić information content (AvgIpc) is 3.54. The number of ketones is 1. The Morgan fingerprint density at radius 1 is 0.971 bits per heavy atom. The summed E-state index contributed by atoms with van der Waals surface area (Å²) in [7, 11) is -1.82. The predicted molar refractivity (Wildman–Crippen MR) is 140 cm³/mol. The summed E-state index contributed by atoms with van der Waals surface area (Å²) in [6.07, 6.45) is 12.2. The van der Waals surface area contributed by atoms with Gasteiger partial charge in [-0.25, -0.2) is 4.98 Å². The van der Waals surface area contributed by atoms with Crippen LogP contribution in [0, 0.1) is 5.92 Å². The molecule has 0 N–H and O–H groups in total. The number of carbonyl (C=O) groups excluding carboxylic acids is 1. The second-order valence-corrected chi connectivity index (χ2v) is 16.7. The number of imidazole rings is 1. The lowest BCUT2D eigenvalue weighted by Gasteiger charge is -2.36. The van der Waals surface area contributed by atoms with Crippen LogP contribution in [0.25, 0.3) is 5.52 Å². The van der Waals surface area contributed by atoms with E-state index in [-0.39, 0.29) is 11.0 Å². The first kappa shape index (κ1) is 23.3. The molecule has 34 heavy (non-hydrogen) atoms. The van der Waals surface area contributed by atoms with E-state index >= 15 is 0 Å². The Morgan fingerprint density at radius 2 is 1.62 bits per heavy atom. The van der Waals surface area contributed by atoms with E-state index in [2.05, 4.69) is 75.4 Å². The number of hydrogen-bond donors (Lipinski definition) is 0. The zero-order valence-corrected chi connectivity index (χ0v) is 22.3. The molecule has 0 saturated heterocycles. The highest BCUT2D eigenvalue weighted by Crippen LogP contribution is 2.45. The van der Waals surface area contributed by atoms with Gasteiger partial charge in [-0.15, -0.1) is 0 Å². The molecule has 0 atom stereocenters. The maximum absolute atomic E-state index is 13.7. The molecule has 0 aliphatic heterocycles. The summed E-state index contributed by atoms with van der Waals surface area (Å²) >= 11 is 0. The first-order valence-electron chi connectivity index (χ1n) is 12.9. The third-order valence-electron chi connectivity index (χ3n) is 8.52. The summed E-state index contributed by atoms with van der Waals surface area (Å²) in [4.78, 5) is 18.0. The fourth-order valence-corrected chi connectivity index (χ4v) is 6.19.